The number of rotatable bonds is 2. The Bertz CT molecular complexity index is 763. The normalized spacial score (nSPS) is 18.7. The monoisotopic (exact) mass is 344 g/mol. The van der Waals surface area contributed by atoms with Gasteiger partial charge in [-0.1, -0.05) is 23.7 Å². The van der Waals surface area contributed by atoms with Crippen LogP contribution in [0.3, 0.4) is 0 Å². The number of urea groups is 1. The molecule has 24 heavy (non-hydrogen) atoms. The zero-order valence-electron chi connectivity index (χ0n) is 13.0. The van der Waals surface area contributed by atoms with E-state index in [1.165, 1.54) is 0 Å². The maximum Gasteiger partial charge on any atom is 0.322 e. The maximum atomic E-state index is 12.7. The Balaban J connectivity index is 1.50. The maximum absolute atomic E-state index is 12.7. The number of carbonyl (C=O) groups excluding carboxylic acids is 1. The molecule has 2 amide bonds. The third-order valence-corrected chi connectivity index (χ3v) is 4.64. The summed E-state index contributed by atoms with van der Waals surface area (Å²) in [5, 5.41) is 3.65. The molecule has 1 saturated heterocycles. The topological polar surface area (TPSA) is 50.8 Å². The number of nitrogens with one attached hydrogen (secondary N) is 1. The van der Waals surface area contributed by atoms with Crippen molar-refractivity contribution in [3.63, 3.8) is 0 Å². The average Bonchev–Trinajstić information content (AvgIpc) is 3.24. The van der Waals surface area contributed by atoms with Gasteiger partial charge in [-0.15, -0.1) is 0 Å². The van der Waals surface area contributed by atoms with Gasteiger partial charge in [0.2, 0.25) is 6.79 Å². The minimum atomic E-state index is -0.105. The lowest BCUT2D eigenvalue weighted by molar-refractivity contribution is 0.174. The van der Waals surface area contributed by atoms with Crippen LogP contribution in [0.4, 0.5) is 10.5 Å². The first-order chi connectivity index (χ1) is 11.7. The SMILES string of the molecule is O=C(Nc1ccc2c(c1)OCO2)N1CCC[C@@H]1c1ccc(Cl)cc1. The van der Waals surface area contributed by atoms with Gasteiger partial charge in [0.05, 0.1) is 6.04 Å². The van der Waals surface area contributed by atoms with Crippen LogP contribution in [-0.4, -0.2) is 24.3 Å². The lowest BCUT2D eigenvalue weighted by Gasteiger charge is -2.25. The predicted molar refractivity (Wildman–Crippen MR) is 91.7 cm³/mol. The molecule has 0 bridgehead atoms. The van der Waals surface area contributed by atoms with Crippen LogP contribution in [0.25, 0.3) is 0 Å². The van der Waals surface area contributed by atoms with Gasteiger partial charge in [-0.05, 0) is 42.7 Å². The highest BCUT2D eigenvalue weighted by atomic mass is 35.5. The molecule has 0 aromatic heterocycles. The lowest BCUT2D eigenvalue weighted by Crippen LogP contribution is -2.34. The molecule has 5 nitrogen and oxygen atoms in total. The van der Waals surface area contributed by atoms with Gasteiger partial charge in [0, 0.05) is 23.3 Å². The highest BCUT2D eigenvalue weighted by Gasteiger charge is 2.30. The molecule has 2 aromatic carbocycles. The van der Waals surface area contributed by atoms with Crippen molar-refractivity contribution in [2.45, 2.75) is 18.9 Å². The summed E-state index contributed by atoms with van der Waals surface area (Å²) >= 11 is 5.96. The molecule has 0 saturated carbocycles. The fourth-order valence-corrected chi connectivity index (χ4v) is 3.34. The number of amides is 2. The molecule has 2 aliphatic rings. The number of carbonyl (C=O) groups is 1. The van der Waals surface area contributed by atoms with E-state index < -0.39 is 0 Å². The smallest absolute Gasteiger partial charge is 0.322 e. The molecule has 1 atom stereocenters. The number of halogens is 1. The van der Waals surface area contributed by atoms with Gasteiger partial charge in [-0.3, -0.25) is 0 Å². The fraction of sp³-hybridized carbons (Fsp3) is 0.278. The molecule has 6 heteroatoms. The summed E-state index contributed by atoms with van der Waals surface area (Å²) < 4.78 is 10.6. The standard InChI is InChI=1S/C18H17ClN2O3/c19-13-5-3-12(4-6-13)15-2-1-9-21(15)18(22)20-14-7-8-16-17(10-14)24-11-23-16/h3-8,10,15H,1-2,9,11H2,(H,20,22)/t15-/m1/s1. The van der Waals surface area contributed by atoms with Crippen LogP contribution < -0.4 is 14.8 Å². The number of anilines is 1. The molecule has 4 rings (SSSR count). The lowest BCUT2D eigenvalue weighted by atomic mass is 10.1. The molecule has 124 valence electrons. The van der Waals surface area contributed by atoms with Gasteiger partial charge >= 0.3 is 6.03 Å². The van der Waals surface area contributed by atoms with Crippen LogP contribution >= 0.6 is 11.6 Å². The van der Waals surface area contributed by atoms with Crippen LogP contribution in [0.2, 0.25) is 5.02 Å². The van der Waals surface area contributed by atoms with Crippen molar-refractivity contribution in [2.75, 3.05) is 18.7 Å². The zero-order valence-corrected chi connectivity index (χ0v) is 13.8. The van der Waals surface area contributed by atoms with Crippen LogP contribution in [-0.2, 0) is 0 Å². The van der Waals surface area contributed by atoms with E-state index in [9.17, 15) is 4.79 Å². The second-order valence-electron chi connectivity index (χ2n) is 5.90. The summed E-state index contributed by atoms with van der Waals surface area (Å²) in [5.41, 5.74) is 1.81. The number of nitrogens with zero attached hydrogens (tertiary/aromatic N) is 1. The zero-order chi connectivity index (χ0) is 16.5. The Morgan fingerprint density at radius 1 is 1.12 bits per heavy atom. The number of hydrogen-bond acceptors (Lipinski definition) is 3. The Morgan fingerprint density at radius 2 is 1.92 bits per heavy atom. The fourth-order valence-electron chi connectivity index (χ4n) is 3.21. The van der Waals surface area contributed by atoms with E-state index in [0.717, 1.165) is 24.9 Å². The Morgan fingerprint density at radius 3 is 2.75 bits per heavy atom. The molecule has 2 aromatic rings. The largest absolute Gasteiger partial charge is 0.454 e. The van der Waals surface area contributed by atoms with E-state index in [4.69, 9.17) is 21.1 Å². The van der Waals surface area contributed by atoms with E-state index in [0.29, 0.717) is 22.2 Å². The molecule has 0 radical (unpaired) electrons. The number of likely N-dealkylation sites (tertiary alicyclic amines) is 1. The van der Waals surface area contributed by atoms with E-state index >= 15 is 0 Å². The molecular formula is C18H17ClN2O3. The number of ether oxygens (including phenoxy) is 2. The van der Waals surface area contributed by atoms with Gasteiger partial charge in [-0.2, -0.15) is 0 Å². The van der Waals surface area contributed by atoms with Crippen molar-refractivity contribution < 1.29 is 14.3 Å². The summed E-state index contributed by atoms with van der Waals surface area (Å²) in [7, 11) is 0. The van der Waals surface area contributed by atoms with Crippen LogP contribution in [0.1, 0.15) is 24.4 Å². The molecule has 1 N–H and O–H groups in total. The third-order valence-electron chi connectivity index (χ3n) is 4.39. The Labute approximate surface area is 145 Å². The molecule has 2 aliphatic heterocycles. The Hall–Kier alpha value is -2.40. The first-order valence-electron chi connectivity index (χ1n) is 7.93. The summed E-state index contributed by atoms with van der Waals surface area (Å²) in [4.78, 5) is 14.6. The van der Waals surface area contributed by atoms with Gasteiger partial charge < -0.3 is 19.7 Å². The van der Waals surface area contributed by atoms with E-state index in [2.05, 4.69) is 5.32 Å². The first kappa shape index (κ1) is 15.1. The average molecular weight is 345 g/mol. The quantitative estimate of drug-likeness (QED) is 0.876. The summed E-state index contributed by atoms with van der Waals surface area (Å²) in [6.45, 7) is 0.960. The van der Waals surface area contributed by atoms with E-state index in [1.54, 1.807) is 12.1 Å². The van der Waals surface area contributed by atoms with Crippen molar-refractivity contribution in [1.29, 1.82) is 0 Å². The minimum Gasteiger partial charge on any atom is -0.454 e. The highest BCUT2D eigenvalue weighted by molar-refractivity contribution is 6.30. The van der Waals surface area contributed by atoms with Crippen LogP contribution in [0.15, 0.2) is 42.5 Å². The second kappa shape index (κ2) is 6.24. The van der Waals surface area contributed by atoms with Gasteiger partial charge in [0.25, 0.3) is 0 Å². The number of benzene rings is 2. The molecular weight excluding hydrogens is 328 g/mol. The summed E-state index contributed by atoms with van der Waals surface area (Å²) in [6, 6.07) is 13.1. The highest BCUT2D eigenvalue weighted by Crippen LogP contribution is 2.36. The van der Waals surface area contributed by atoms with Crippen LogP contribution in [0.5, 0.6) is 11.5 Å². The third kappa shape index (κ3) is 2.87. The molecule has 0 aliphatic carbocycles. The van der Waals surface area contributed by atoms with Crippen molar-refractivity contribution in [3.05, 3.63) is 53.1 Å². The van der Waals surface area contributed by atoms with Gasteiger partial charge in [0.1, 0.15) is 0 Å². The van der Waals surface area contributed by atoms with Gasteiger partial charge in [0.15, 0.2) is 11.5 Å². The summed E-state index contributed by atoms with van der Waals surface area (Å²) in [6.07, 6.45) is 1.94. The van der Waals surface area contributed by atoms with Crippen molar-refractivity contribution in [1.82, 2.24) is 4.90 Å². The predicted octanol–water partition coefficient (Wildman–Crippen LogP) is 4.44. The van der Waals surface area contributed by atoms with Crippen molar-refractivity contribution in [2.24, 2.45) is 0 Å². The first-order valence-corrected chi connectivity index (χ1v) is 8.31. The molecule has 1 fully saturated rings. The molecule has 0 unspecified atom stereocenters. The van der Waals surface area contributed by atoms with Crippen LogP contribution in [0, 0.1) is 0 Å². The number of hydrogen-bond donors (Lipinski definition) is 1. The molecule has 0 spiro atoms. The minimum absolute atomic E-state index is 0.0799. The van der Waals surface area contributed by atoms with Gasteiger partial charge in [-0.25, -0.2) is 4.79 Å². The van der Waals surface area contributed by atoms with Crippen molar-refractivity contribution >= 4 is 23.3 Å². The second-order valence-corrected chi connectivity index (χ2v) is 6.34. The molecule has 2 heterocycles. The van der Waals surface area contributed by atoms with Crippen molar-refractivity contribution in [3.8, 4) is 11.5 Å². The summed E-state index contributed by atoms with van der Waals surface area (Å²) in [5.74, 6) is 1.36. The Kier molecular flexibility index (Phi) is 3.94. The van der Waals surface area contributed by atoms with E-state index in [1.807, 2.05) is 35.2 Å². The van der Waals surface area contributed by atoms with E-state index in [-0.39, 0.29) is 18.9 Å². The number of fused-ring (bicyclic) bond motifs is 1.